The number of nitrogens with zero attached hydrogens (tertiary/aromatic N) is 1. The van der Waals surface area contributed by atoms with E-state index in [2.05, 4.69) is 15.6 Å². The molecule has 8 heteroatoms. The summed E-state index contributed by atoms with van der Waals surface area (Å²) in [4.78, 5) is 27.8. The number of aromatic nitrogens is 1. The molecule has 0 radical (unpaired) electrons. The van der Waals surface area contributed by atoms with E-state index in [1.165, 1.54) is 18.3 Å². The molecule has 3 rings (SSSR count). The fourth-order valence-corrected chi connectivity index (χ4v) is 3.31. The summed E-state index contributed by atoms with van der Waals surface area (Å²) in [5.41, 5.74) is 2.70. The van der Waals surface area contributed by atoms with E-state index in [9.17, 15) is 9.59 Å². The molecule has 1 aromatic heterocycles. The van der Waals surface area contributed by atoms with Gasteiger partial charge in [-0.15, -0.1) is 11.3 Å². The number of carbonyl (C=O) groups is 2. The van der Waals surface area contributed by atoms with Crippen LogP contribution in [0.25, 0.3) is 11.3 Å². The van der Waals surface area contributed by atoms with Crippen molar-refractivity contribution in [1.82, 2.24) is 10.3 Å². The van der Waals surface area contributed by atoms with Gasteiger partial charge >= 0.3 is 0 Å². The highest BCUT2D eigenvalue weighted by molar-refractivity contribution is 7.14. The molecule has 0 saturated heterocycles. The Morgan fingerprint density at radius 1 is 1.14 bits per heavy atom. The molecule has 0 spiro atoms. The monoisotopic (exact) mass is 429 g/mol. The molecule has 0 aliphatic heterocycles. The molecule has 1 atom stereocenters. The van der Waals surface area contributed by atoms with E-state index >= 15 is 0 Å². The second-order valence-corrected chi connectivity index (χ2v) is 7.64. The molecule has 0 aliphatic carbocycles. The topological polar surface area (TPSA) is 80.3 Å². The number of hydrogen-bond acceptors (Lipinski definition) is 5. The van der Waals surface area contributed by atoms with Gasteiger partial charge in [-0.3, -0.25) is 14.9 Å². The minimum atomic E-state index is -0.684. The van der Waals surface area contributed by atoms with E-state index in [-0.39, 0.29) is 11.8 Å². The largest absolute Gasteiger partial charge is 0.481 e. The lowest BCUT2D eigenvalue weighted by Gasteiger charge is -2.13. The van der Waals surface area contributed by atoms with Crippen molar-refractivity contribution in [1.29, 1.82) is 0 Å². The van der Waals surface area contributed by atoms with Crippen LogP contribution in [0.4, 0.5) is 5.13 Å². The van der Waals surface area contributed by atoms with Crippen molar-refractivity contribution in [3.8, 4) is 17.0 Å². The number of rotatable bonds is 7. The minimum absolute atomic E-state index is 0.0665. The van der Waals surface area contributed by atoms with Gasteiger partial charge in [0.25, 0.3) is 5.91 Å². The number of anilines is 1. The fourth-order valence-electron chi connectivity index (χ4n) is 2.46. The summed E-state index contributed by atoms with van der Waals surface area (Å²) in [5, 5.41) is 8.52. The summed E-state index contributed by atoms with van der Waals surface area (Å²) >= 11 is 7.19. The minimum Gasteiger partial charge on any atom is -0.481 e. The van der Waals surface area contributed by atoms with Crippen LogP contribution in [0.15, 0.2) is 53.9 Å². The summed E-state index contributed by atoms with van der Waals surface area (Å²) in [6.45, 7) is 3.65. The lowest BCUT2D eigenvalue weighted by atomic mass is 10.1. The molecule has 29 heavy (non-hydrogen) atoms. The van der Waals surface area contributed by atoms with Crippen molar-refractivity contribution in [2.24, 2.45) is 0 Å². The van der Waals surface area contributed by atoms with Crippen molar-refractivity contribution in [2.75, 3.05) is 5.32 Å². The Morgan fingerprint density at radius 3 is 2.48 bits per heavy atom. The van der Waals surface area contributed by atoms with Gasteiger partial charge in [0.1, 0.15) is 5.75 Å². The summed E-state index contributed by atoms with van der Waals surface area (Å²) in [6.07, 6.45) is -0.684. The third-order valence-corrected chi connectivity index (χ3v) is 5.03. The number of nitrogens with one attached hydrogen (secondary N) is 2. The van der Waals surface area contributed by atoms with Gasteiger partial charge in [0.2, 0.25) is 5.91 Å². The van der Waals surface area contributed by atoms with Gasteiger partial charge in [0, 0.05) is 29.4 Å². The van der Waals surface area contributed by atoms with E-state index in [4.69, 9.17) is 16.3 Å². The first-order valence-electron chi connectivity index (χ1n) is 8.93. The second-order valence-electron chi connectivity index (χ2n) is 6.35. The number of ether oxygens (including phenoxy) is 1. The Morgan fingerprint density at radius 2 is 1.83 bits per heavy atom. The lowest BCUT2D eigenvalue weighted by Crippen LogP contribution is -2.30. The Balaban J connectivity index is 1.58. The molecule has 2 amide bonds. The standard InChI is InChI=1S/C21H20ClN3O3S/c1-13(28-18-9-7-17(22)8-10-18)20(27)25-21-24-19(12-29-21)16-5-3-15(4-6-16)11-23-14(2)26/h3-10,12-13H,11H2,1-2H3,(H,23,26)(H,24,25,27). The number of hydrogen-bond donors (Lipinski definition) is 2. The van der Waals surface area contributed by atoms with Crippen molar-refractivity contribution in [3.63, 3.8) is 0 Å². The molecule has 0 saturated carbocycles. The second kappa shape index (κ2) is 9.54. The SMILES string of the molecule is CC(=O)NCc1ccc(-c2csc(NC(=O)C(C)Oc3ccc(Cl)cc3)n2)cc1. The van der Waals surface area contributed by atoms with E-state index in [0.29, 0.717) is 22.4 Å². The molecule has 0 fully saturated rings. The highest BCUT2D eigenvalue weighted by atomic mass is 35.5. The third-order valence-electron chi connectivity index (χ3n) is 4.02. The van der Waals surface area contributed by atoms with Crippen LogP contribution in [0.5, 0.6) is 5.75 Å². The first-order valence-corrected chi connectivity index (χ1v) is 10.2. The van der Waals surface area contributed by atoms with Gasteiger partial charge in [0.05, 0.1) is 5.69 Å². The quantitative estimate of drug-likeness (QED) is 0.579. The van der Waals surface area contributed by atoms with Crippen LogP contribution >= 0.6 is 22.9 Å². The molecular formula is C21H20ClN3O3S. The number of benzene rings is 2. The Labute approximate surface area is 177 Å². The first-order chi connectivity index (χ1) is 13.9. The normalized spacial score (nSPS) is 11.6. The van der Waals surface area contributed by atoms with Crippen LogP contribution in [0, 0.1) is 0 Å². The number of carbonyl (C=O) groups excluding carboxylic acids is 2. The summed E-state index contributed by atoms with van der Waals surface area (Å²) < 4.78 is 5.62. The highest BCUT2D eigenvalue weighted by Gasteiger charge is 2.17. The number of thiazole rings is 1. The smallest absolute Gasteiger partial charge is 0.266 e. The Kier molecular flexibility index (Phi) is 6.85. The molecular weight excluding hydrogens is 410 g/mol. The zero-order valence-electron chi connectivity index (χ0n) is 15.9. The van der Waals surface area contributed by atoms with Gasteiger partial charge in [-0.2, -0.15) is 0 Å². The number of amides is 2. The van der Waals surface area contributed by atoms with Crippen LogP contribution in [0.3, 0.4) is 0 Å². The Hall–Kier alpha value is -2.90. The fraction of sp³-hybridized carbons (Fsp3) is 0.190. The maximum Gasteiger partial charge on any atom is 0.266 e. The molecule has 1 heterocycles. The van der Waals surface area contributed by atoms with Crippen LogP contribution < -0.4 is 15.4 Å². The van der Waals surface area contributed by atoms with E-state index in [0.717, 1.165) is 16.8 Å². The molecule has 150 valence electrons. The van der Waals surface area contributed by atoms with E-state index < -0.39 is 6.10 Å². The first kappa shape index (κ1) is 20.8. The number of halogens is 1. The van der Waals surface area contributed by atoms with Crippen molar-refractivity contribution < 1.29 is 14.3 Å². The summed E-state index contributed by atoms with van der Waals surface area (Å²) in [5.74, 6) is 0.214. The lowest BCUT2D eigenvalue weighted by molar-refractivity contribution is -0.122. The molecule has 2 aromatic carbocycles. The molecule has 3 aromatic rings. The average molecular weight is 430 g/mol. The van der Waals surface area contributed by atoms with Gasteiger partial charge in [-0.1, -0.05) is 35.9 Å². The van der Waals surface area contributed by atoms with Crippen LogP contribution in [-0.2, 0) is 16.1 Å². The molecule has 6 nitrogen and oxygen atoms in total. The Bertz CT molecular complexity index is 987. The summed E-state index contributed by atoms with van der Waals surface area (Å²) in [7, 11) is 0. The van der Waals surface area contributed by atoms with Gasteiger partial charge in [-0.05, 0) is 36.8 Å². The van der Waals surface area contributed by atoms with E-state index in [1.807, 2.05) is 29.6 Å². The van der Waals surface area contributed by atoms with Gasteiger partial charge in [-0.25, -0.2) is 4.98 Å². The van der Waals surface area contributed by atoms with E-state index in [1.54, 1.807) is 31.2 Å². The third kappa shape index (κ3) is 6.04. The van der Waals surface area contributed by atoms with Gasteiger partial charge in [0.15, 0.2) is 11.2 Å². The molecule has 2 N–H and O–H groups in total. The maximum absolute atomic E-state index is 12.4. The predicted molar refractivity (Wildman–Crippen MR) is 115 cm³/mol. The molecule has 1 unspecified atom stereocenters. The van der Waals surface area contributed by atoms with Crippen LogP contribution in [-0.4, -0.2) is 22.9 Å². The van der Waals surface area contributed by atoms with Crippen LogP contribution in [0.1, 0.15) is 19.4 Å². The van der Waals surface area contributed by atoms with Crippen molar-refractivity contribution in [2.45, 2.75) is 26.5 Å². The maximum atomic E-state index is 12.4. The molecule has 0 bridgehead atoms. The zero-order valence-corrected chi connectivity index (χ0v) is 17.5. The summed E-state index contributed by atoms with van der Waals surface area (Å²) in [6, 6.07) is 14.6. The molecule has 0 aliphatic rings. The van der Waals surface area contributed by atoms with Crippen molar-refractivity contribution in [3.05, 3.63) is 64.5 Å². The average Bonchev–Trinajstić information content (AvgIpc) is 3.17. The van der Waals surface area contributed by atoms with Gasteiger partial charge < -0.3 is 10.1 Å². The highest BCUT2D eigenvalue weighted by Crippen LogP contribution is 2.25. The van der Waals surface area contributed by atoms with Crippen LogP contribution in [0.2, 0.25) is 5.02 Å². The van der Waals surface area contributed by atoms with Crippen molar-refractivity contribution >= 4 is 39.9 Å². The predicted octanol–water partition coefficient (Wildman–Crippen LogP) is 4.51. The zero-order chi connectivity index (χ0) is 20.8.